The molecule has 208 valence electrons. The Hall–Kier alpha value is -4.50. The summed E-state index contributed by atoms with van der Waals surface area (Å²) in [7, 11) is 4.38. The molecule has 2 aromatic carbocycles. The fourth-order valence-electron chi connectivity index (χ4n) is 4.50. The van der Waals surface area contributed by atoms with Gasteiger partial charge in [0.05, 0.1) is 31.5 Å². The highest BCUT2D eigenvalue weighted by Gasteiger charge is 2.33. The standard InChI is InChI=1S/C28H27ClN4O7/c1-38-7-6-23(27(35)32-21-12-20-16(9-24(21)39-2)8-22(31-20)28(36)37)33-14-25(40-3)19(11-26(33)34)18-10-17(29)5-4-15(18)13-30/h4-5,8-12,14,23,26,31,34H,6-7H2,1-3H3,(H,32,35)(H,36,37). The minimum atomic E-state index is -1.27. The average molecular weight is 567 g/mol. The molecule has 1 aliphatic heterocycles. The first kappa shape index (κ1) is 28.5. The number of ether oxygens (including phenoxy) is 3. The molecule has 11 nitrogen and oxygen atoms in total. The first-order valence-electron chi connectivity index (χ1n) is 12.1. The number of halogens is 1. The highest BCUT2D eigenvalue weighted by atomic mass is 35.5. The van der Waals surface area contributed by atoms with Crippen LogP contribution in [0.4, 0.5) is 5.69 Å². The number of nitrogens with zero attached hydrogens (tertiary/aromatic N) is 2. The number of aromatic nitrogens is 1. The number of fused-ring (bicyclic) bond motifs is 1. The summed E-state index contributed by atoms with van der Waals surface area (Å²) < 4.78 is 16.2. The molecule has 12 heteroatoms. The Morgan fingerprint density at radius 1 is 1.20 bits per heavy atom. The van der Waals surface area contributed by atoms with E-state index in [1.54, 1.807) is 30.3 Å². The zero-order valence-electron chi connectivity index (χ0n) is 21.9. The molecule has 0 spiro atoms. The molecule has 1 amide bonds. The van der Waals surface area contributed by atoms with E-state index in [1.165, 1.54) is 44.6 Å². The maximum absolute atomic E-state index is 13.6. The molecule has 0 saturated carbocycles. The molecule has 0 bridgehead atoms. The predicted octanol–water partition coefficient (Wildman–Crippen LogP) is 3.95. The molecule has 0 aliphatic carbocycles. The molecule has 40 heavy (non-hydrogen) atoms. The number of aromatic carboxylic acids is 1. The van der Waals surface area contributed by atoms with E-state index in [0.29, 0.717) is 49.8 Å². The quantitative estimate of drug-likeness (QED) is 0.285. The third-order valence-electron chi connectivity index (χ3n) is 6.45. The number of hydrogen-bond donors (Lipinski definition) is 4. The molecule has 4 rings (SSSR count). The number of aliphatic hydroxyl groups excluding tert-OH is 1. The second-order valence-electron chi connectivity index (χ2n) is 8.85. The summed E-state index contributed by atoms with van der Waals surface area (Å²) in [6.07, 6.45) is 1.93. The van der Waals surface area contributed by atoms with Gasteiger partial charge >= 0.3 is 5.97 Å². The monoisotopic (exact) mass is 566 g/mol. The number of anilines is 1. The number of aliphatic hydroxyl groups is 1. The maximum Gasteiger partial charge on any atom is 0.352 e. The van der Waals surface area contributed by atoms with Crippen LogP contribution in [0, 0.1) is 11.3 Å². The number of amides is 1. The number of carboxylic acids is 1. The predicted molar refractivity (Wildman–Crippen MR) is 148 cm³/mol. The Labute approximate surface area is 234 Å². The number of allylic oxidation sites excluding steroid dienone is 1. The molecular formula is C28H27ClN4O7. The Morgan fingerprint density at radius 3 is 2.62 bits per heavy atom. The number of H-pyrrole nitrogens is 1. The number of nitrogens with one attached hydrogen (secondary N) is 2. The van der Waals surface area contributed by atoms with Crippen molar-refractivity contribution >= 4 is 45.6 Å². The number of aromatic amines is 1. The molecular weight excluding hydrogens is 540 g/mol. The summed E-state index contributed by atoms with van der Waals surface area (Å²) in [6, 6.07) is 10.6. The van der Waals surface area contributed by atoms with Gasteiger partial charge in [-0.1, -0.05) is 11.6 Å². The minimum Gasteiger partial charge on any atom is -0.495 e. The molecule has 2 heterocycles. The van der Waals surface area contributed by atoms with Crippen molar-refractivity contribution in [2.75, 3.05) is 33.3 Å². The van der Waals surface area contributed by atoms with E-state index in [4.69, 9.17) is 25.8 Å². The zero-order valence-corrected chi connectivity index (χ0v) is 22.7. The average Bonchev–Trinajstić information content (AvgIpc) is 3.36. The molecule has 0 saturated heterocycles. The van der Waals surface area contributed by atoms with Crippen molar-refractivity contribution in [1.29, 1.82) is 5.26 Å². The van der Waals surface area contributed by atoms with Crippen LogP contribution in [-0.4, -0.2) is 72.2 Å². The Balaban J connectivity index is 1.68. The first-order chi connectivity index (χ1) is 19.2. The van der Waals surface area contributed by atoms with Gasteiger partial charge in [0.2, 0.25) is 5.91 Å². The van der Waals surface area contributed by atoms with Gasteiger partial charge in [0.25, 0.3) is 0 Å². The fraction of sp³-hybridized carbons (Fsp3) is 0.250. The van der Waals surface area contributed by atoms with Crippen LogP contribution in [0.1, 0.15) is 28.0 Å². The Morgan fingerprint density at radius 2 is 1.98 bits per heavy atom. The second kappa shape index (κ2) is 12.1. The summed E-state index contributed by atoms with van der Waals surface area (Å²) in [6.45, 7) is 0.204. The number of methoxy groups -OCH3 is 3. The fourth-order valence-corrected chi connectivity index (χ4v) is 4.67. The van der Waals surface area contributed by atoms with E-state index in [9.17, 15) is 25.1 Å². The van der Waals surface area contributed by atoms with E-state index < -0.39 is 24.1 Å². The van der Waals surface area contributed by atoms with Gasteiger partial charge in [-0.2, -0.15) is 5.26 Å². The second-order valence-corrected chi connectivity index (χ2v) is 9.29. The summed E-state index contributed by atoms with van der Waals surface area (Å²) in [5.41, 5.74) is 2.05. The molecule has 1 aliphatic rings. The Bertz CT molecular complexity index is 1560. The lowest BCUT2D eigenvalue weighted by molar-refractivity contribution is -0.123. The van der Waals surface area contributed by atoms with Crippen molar-refractivity contribution in [2.45, 2.75) is 18.7 Å². The van der Waals surface area contributed by atoms with Gasteiger partial charge in [-0.3, -0.25) is 4.79 Å². The van der Waals surface area contributed by atoms with Crippen LogP contribution < -0.4 is 10.1 Å². The molecule has 2 atom stereocenters. The van der Waals surface area contributed by atoms with Crippen molar-refractivity contribution in [3.05, 3.63) is 76.3 Å². The third-order valence-corrected chi connectivity index (χ3v) is 6.69. The van der Waals surface area contributed by atoms with Gasteiger partial charge in [0.1, 0.15) is 29.5 Å². The van der Waals surface area contributed by atoms with Gasteiger partial charge in [-0.25, -0.2) is 4.79 Å². The zero-order chi connectivity index (χ0) is 29.0. The molecule has 1 aromatic heterocycles. The number of carboxylic acid groups (broad SMARTS) is 1. The van der Waals surface area contributed by atoms with Crippen LogP contribution >= 0.6 is 11.6 Å². The molecule has 4 N–H and O–H groups in total. The molecule has 3 aromatic rings. The van der Waals surface area contributed by atoms with Crippen LogP contribution in [-0.2, 0) is 14.3 Å². The molecule has 0 fully saturated rings. The topological polar surface area (TPSA) is 157 Å². The van der Waals surface area contributed by atoms with Gasteiger partial charge in [0, 0.05) is 53.4 Å². The number of hydrogen-bond acceptors (Lipinski definition) is 8. The highest BCUT2D eigenvalue weighted by molar-refractivity contribution is 6.30. The normalized spacial score (nSPS) is 15.6. The van der Waals surface area contributed by atoms with E-state index >= 15 is 0 Å². The van der Waals surface area contributed by atoms with Crippen LogP contribution in [0.3, 0.4) is 0 Å². The van der Waals surface area contributed by atoms with Gasteiger partial charge in [-0.05, 0) is 42.5 Å². The number of nitriles is 1. The SMILES string of the molecule is COCCC(C(=O)Nc1cc2[nH]c(C(=O)O)cc2cc1OC)N1C=C(OC)C(c2cc(Cl)ccc2C#N)=CC1O. The maximum atomic E-state index is 13.6. The van der Waals surface area contributed by atoms with E-state index in [2.05, 4.69) is 16.4 Å². The number of benzene rings is 2. The van der Waals surface area contributed by atoms with Crippen LogP contribution in [0.5, 0.6) is 5.75 Å². The van der Waals surface area contributed by atoms with E-state index in [0.717, 1.165) is 0 Å². The van der Waals surface area contributed by atoms with Crippen molar-refractivity contribution in [3.63, 3.8) is 0 Å². The van der Waals surface area contributed by atoms with E-state index in [1.807, 2.05) is 0 Å². The number of carbonyl (C=O) groups is 2. The summed E-state index contributed by atoms with van der Waals surface area (Å²) >= 11 is 6.17. The van der Waals surface area contributed by atoms with Gasteiger partial charge < -0.3 is 39.6 Å². The lowest BCUT2D eigenvalue weighted by Gasteiger charge is -2.36. The summed E-state index contributed by atoms with van der Waals surface area (Å²) in [5.74, 6) is -0.970. The summed E-state index contributed by atoms with van der Waals surface area (Å²) in [5, 5.41) is 33.9. The summed E-state index contributed by atoms with van der Waals surface area (Å²) in [4.78, 5) is 29.3. The smallest absolute Gasteiger partial charge is 0.352 e. The number of rotatable bonds is 10. The van der Waals surface area contributed by atoms with E-state index in [-0.39, 0.29) is 18.7 Å². The van der Waals surface area contributed by atoms with Crippen LogP contribution in [0.2, 0.25) is 5.02 Å². The Kier molecular flexibility index (Phi) is 8.64. The van der Waals surface area contributed by atoms with Crippen molar-refractivity contribution in [1.82, 2.24) is 9.88 Å². The molecule has 0 radical (unpaired) electrons. The number of carbonyl (C=O) groups excluding carboxylic acids is 1. The third kappa shape index (κ3) is 5.74. The van der Waals surface area contributed by atoms with Crippen molar-refractivity contribution < 1.29 is 34.0 Å². The van der Waals surface area contributed by atoms with Gasteiger partial charge in [-0.15, -0.1) is 0 Å². The van der Waals surface area contributed by atoms with Crippen LogP contribution in [0.25, 0.3) is 16.5 Å². The largest absolute Gasteiger partial charge is 0.495 e. The highest BCUT2D eigenvalue weighted by Crippen LogP contribution is 2.35. The first-order valence-corrected chi connectivity index (χ1v) is 12.5. The van der Waals surface area contributed by atoms with Crippen molar-refractivity contribution in [3.8, 4) is 11.8 Å². The van der Waals surface area contributed by atoms with Crippen molar-refractivity contribution in [2.24, 2.45) is 0 Å². The van der Waals surface area contributed by atoms with Gasteiger partial charge in [0.15, 0.2) is 0 Å². The minimum absolute atomic E-state index is 0.00553. The van der Waals surface area contributed by atoms with Crippen LogP contribution in [0.15, 0.2) is 54.4 Å². The molecule has 2 unspecified atom stereocenters. The lowest BCUT2D eigenvalue weighted by Crippen LogP contribution is -2.47. The lowest BCUT2D eigenvalue weighted by atomic mass is 9.96.